The van der Waals surface area contributed by atoms with E-state index in [1.165, 1.54) is 0 Å². The van der Waals surface area contributed by atoms with Gasteiger partial charge in [0.1, 0.15) is 17.3 Å². The van der Waals surface area contributed by atoms with Gasteiger partial charge in [-0.25, -0.2) is 21.5 Å². The number of carbonyl (C=O) groups excluding carboxylic acids is 1. The number of piperidine rings is 1. The summed E-state index contributed by atoms with van der Waals surface area (Å²) in [6.07, 6.45) is 1.68. The Kier molecular flexibility index (Phi) is 6.05. The fourth-order valence-corrected chi connectivity index (χ4v) is 5.46. The van der Waals surface area contributed by atoms with E-state index >= 15 is 0 Å². The fraction of sp³-hybridized carbons (Fsp3) is 0.348. The van der Waals surface area contributed by atoms with Crippen LogP contribution in [0, 0.1) is 11.6 Å². The molecule has 2 aromatic carbocycles. The highest BCUT2D eigenvalue weighted by molar-refractivity contribution is 7.89. The summed E-state index contributed by atoms with van der Waals surface area (Å²) in [6, 6.07) is 10.3. The van der Waals surface area contributed by atoms with Crippen molar-refractivity contribution in [3.8, 4) is 0 Å². The lowest BCUT2D eigenvalue weighted by Crippen LogP contribution is -2.42. The number of carbonyl (C=O) groups is 1. The molecule has 4 rings (SSSR count). The maximum absolute atomic E-state index is 13.4. The minimum atomic E-state index is -3.31. The van der Waals surface area contributed by atoms with E-state index in [0.717, 1.165) is 47.5 Å². The molecule has 1 atom stereocenters. The van der Waals surface area contributed by atoms with Crippen LogP contribution in [0.4, 0.5) is 14.5 Å². The van der Waals surface area contributed by atoms with Crippen molar-refractivity contribution in [3.05, 3.63) is 65.4 Å². The molecular formula is C23H25F2N3O3S. The first-order valence-corrected chi connectivity index (χ1v) is 12.0. The number of anilines is 1. The van der Waals surface area contributed by atoms with Crippen LogP contribution in [-0.2, 0) is 10.0 Å². The van der Waals surface area contributed by atoms with Crippen LogP contribution < -0.4 is 5.32 Å². The lowest BCUT2D eigenvalue weighted by atomic mass is 9.91. The number of halogens is 2. The Balaban J connectivity index is 1.54. The number of sulfonamides is 1. The molecule has 1 unspecified atom stereocenters. The number of rotatable bonds is 5. The molecule has 1 fully saturated rings. The molecule has 0 radical (unpaired) electrons. The first-order valence-electron chi connectivity index (χ1n) is 10.5. The predicted octanol–water partition coefficient (Wildman–Crippen LogP) is 4.62. The zero-order valence-electron chi connectivity index (χ0n) is 17.9. The van der Waals surface area contributed by atoms with Crippen molar-refractivity contribution in [2.75, 3.05) is 18.4 Å². The Hall–Kier alpha value is -2.78. The van der Waals surface area contributed by atoms with Gasteiger partial charge in [-0.3, -0.25) is 4.79 Å². The maximum atomic E-state index is 13.4. The Morgan fingerprint density at radius 3 is 2.53 bits per heavy atom. The van der Waals surface area contributed by atoms with Gasteiger partial charge in [-0.1, -0.05) is 6.07 Å². The Bertz CT molecular complexity index is 1250. The van der Waals surface area contributed by atoms with Gasteiger partial charge in [-0.15, -0.1) is 0 Å². The molecule has 1 amide bonds. The van der Waals surface area contributed by atoms with Gasteiger partial charge in [0.2, 0.25) is 10.0 Å². The van der Waals surface area contributed by atoms with E-state index in [1.807, 2.05) is 18.2 Å². The number of aromatic amines is 1. The second-order valence-corrected chi connectivity index (χ2v) is 10.9. The van der Waals surface area contributed by atoms with Crippen molar-refractivity contribution >= 4 is 32.5 Å². The van der Waals surface area contributed by atoms with Crippen LogP contribution in [0.3, 0.4) is 0 Å². The largest absolute Gasteiger partial charge is 0.351 e. The Morgan fingerprint density at radius 1 is 1.12 bits per heavy atom. The number of aromatic nitrogens is 1. The maximum Gasteiger partial charge on any atom is 0.272 e. The summed E-state index contributed by atoms with van der Waals surface area (Å²) >= 11 is 0. The van der Waals surface area contributed by atoms with Gasteiger partial charge in [0, 0.05) is 35.7 Å². The number of nitrogens with one attached hydrogen (secondary N) is 2. The molecule has 170 valence electrons. The summed E-state index contributed by atoms with van der Waals surface area (Å²) in [6.45, 7) is 4.36. The van der Waals surface area contributed by atoms with Crippen LogP contribution in [0.2, 0.25) is 0 Å². The molecule has 3 aromatic rings. The molecule has 0 saturated carbocycles. The number of benzene rings is 2. The number of nitrogens with zero attached hydrogens (tertiary/aromatic N) is 1. The van der Waals surface area contributed by atoms with E-state index in [9.17, 15) is 22.0 Å². The average molecular weight is 462 g/mol. The fourth-order valence-electron chi connectivity index (χ4n) is 4.10. The predicted molar refractivity (Wildman–Crippen MR) is 120 cm³/mol. The van der Waals surface area contributed by atoms with Crippen LogP contribution >= 0.6 is 0 Å². The highest BCUT2D eigenvalue weighted by Gasteiger charge is 2.31. The second-order valence-electron chi connectivity index (χ2n) is 8.43. The molecule has 6 nitrogen and oxygen atoms in total. The summed E-state index contributed by atoms with van der Waals surface area (Å²) in [5, 5.41) is 2.84. The molecule has 2 heterocycles. The van der Waals surface area contributed by atoms with Crippen molar-refractivity contribution < 1.29 is 22.0 Å². The third-order valence-corrected chi connectivity index (χ3v) is 8.06. The summed E-state index contributed by atoms with van der Waals surface area (Å²) in [5.41, 5.74) is 2.04. The highest BCUT2D eigenvalue weighted by Crippen LogP contribution is 2.31. The monoisotopic (exact) mass is 461 g/mol. The van der Waals surface area contributed by atoms with Crippen molar-refractivity contribution in [2.45, 2.75) is 37.9 Å². The topological polar surface area (TPSA) is 82.3 Å². The normalized spacial score (nSPS) is 17.7. The number of hydrogen-bond acceptors (Lipinski definition) is 3. The Morgan fingerprint density at radius 2 is 1.84 bits per heavy atom. The molecule has 1 aromatic heterocycles. The molecule has 1 aliphatic heterocycles. The van der Waals surface area contributed by atoms with E-state index < -0.39 is 32.8 Å². The SMILES string of the molecule is CC(C)S(=O)(=O)N1CCCC(c2ccc3[nH]c(C(=O)Nc4cc(F)cc(F)c4)cc3c2)C1. The molecule has 1 saturated heterocycles. The molecule has 0 aliphatic carbocycles. The molecule has 0 bridgehead atoms. The molecule has 1 aliphatic rings. The van der Waals surface area contributed by atoms with E-state index in [1.54, 1.807) is 24.2 Å². The van der Waals surface area contributed by atoms with Crippen molar-refractivity contribution in [1.29, 1.82) is 0 Å². The molecule has 2 N–H and O–H groups in total. The minimum absolute atomic E-state index is 0.0282. The summed E-state index contributed by atoms with van der Waals surface area (Å²) in [5.74, 6) is -1.99. The van der Waals surface area contributed by atoms with Crippen LogP contribution in [0.25, 0.3) is 10.9 Å². The second kappa shape index (κ2) is 8.63. The average Bonchev–Trinajstić information content (AvgIpc) is 3.16. The van der Waals surface area contributed by atoms with Crippen LogP contribution in [-0.4, -0.2) is 42.0 Å². The van der Waals surface area contributed by atoms with Crippen LogP contribution in [0.1, 0.15) is 48.7 Å². The zero-order valence-corrected chi connectivity index (χ0v) is 18.7. The van der Waals surface area contributed by atoms with Gasteiger partial charge in [0.15, 0.2) is 0 Å². The summed E-state index contributed by atoms with van der Waals surface area (Å²) in [4.78, 5) is 15.6. The molecule has 0 spiro atoms. The molecule has 9 heteroatoms. The van der Waals surface area contributed by atoms with E-state index in [0.29, 0.717) is 13.1 Å². The van der Waals surface area contributed by atoms with Gasteiger partial charge >= 0.3 is 0 Å². The van der Waals surface area contributed by atoms with Crippen molar-refractivity contribution in [2.24, 2.45) is 0 Å². The molecule has 32 heavy (non-hydrogen) atoms. The summed E-state index contributed by atoms with van der Waals surface area (Å²) < 4.78 is 53.5. The quantitative estimate of drug-likeness (QED) is 0.582. The van der Waals surface area contributed by atoms with E-state index in [2.05, 4.69) is 10.3 Å². The first kappa shape index (κ1) is 22.4. The number of hydrogen-bond donors (Lipinski definition) is 2. The van der Waals surface area contributed by atoms with Gasteiger partial charge in [-0.05, 0) is 68.5 Å². The van der Waals surface area contributed by atoms with Crippen molar-refractivity contribution in [3.63, 3.8) is 0 Å². The zero-order chi connectivity index (χ0) is 23.0. The Labute approximate surface area is 185 Å². The third kappa shape index (κ3) is 4.54. The lowest BCUT2D eigenvalue weighted by molar-refractivity contribution is 0.102. The third-order valence-electron chi connectivity index (χ3n) is 5.82. The van der Waals surface area contributed by atoms with Gasteiger partial charge in [0.25, 0.3) is 5.91 Å². The van der Waals surface area contributed by atoms with Gasteiger partial charge in [-0.2, -0.15) is 0 Å². The standard InChI is InChI=1S/C23H25F2N3O3S/c1-14(2)32(30,31)28-7-3-4-16(13-28)15-5-6-21-17(8-15)9-22(27-21)23(29)26-20-11-18(24)10-19(25)12-20/h5-6,8-12,14,16,27H,3-4,7,13H2,1-2H3,(H,26,29). The highest BCUT2D eigenvalue weighted by atomic mass is 32.2. The minimum Gasteiger partial charge on any atom is -0.351 e. The van der Waals surface area contributed by atoms with Crippen LogP contribution in [0.5, 0.6) is 0 Å². The first-order chi connectivity index (χ1) is 15.1. The van der Waals surface area contributed by atoms with Crippen molar-refractivity contribution in [1.82, 2.24) is 9.29 Å². The van der Waals surface area contributed by atoms with E-state index in [4.69, 9.17) is 0 Å². The lowest BCUT2D eigenvalue weighted by Gasteiger charge is -2.33. The smallest absolute Gasteiger partial charge is 0.272 e. The molecular weight excluding hydrogens is 436 g/mol. The number of H-pyrrole nitrogens is 1. The van der Waals surface area contributed by atoms with Gasteiger partial charge < -0.3 is 10.3 Å². The number of amides is 1. The summed E-state index contributed by atoms with van der Waals surface area (Å²) in [7, 11) is -3.31. The van der Waals surface area contributed by atoms with Gasteiger partial charge in [0.05, 0.1) is 5.25 Å². The van der Waals surface area contributed by atoms with Crippen LogP contribution in [0.15, 0.2) is 42.5 Å². The van der Waals surface area contributed by atoms with E-state index in [-0.39, 0.29) is 17.3 Å². The number of fused-ring (bicyclic) bond motifs is 1.